The van der Waals surface area contributed by atoms with E-state index in [2.05, 4.69) is 58.0 Å². The third-order valence-electron chi connectivity index (χ3n) is 6.25. The first-order valence-electron chi connectivity index (χ1n) is 12.8. The van der Waals surface area contributed by atoms with Gasteiger partial charge in [-0.2, -0.15) is 4.98 Å². The molecule has 7 heteroatoms. The van der Waals surface area contributed by atoms with Crippen LogP contribution in [0.2, 0.25) is 0 Å². The molecule has 5 unspecified atom stereocenters. The molecule has 1 saturated carbocycles. The maximum absolute atomic E-state index is 10.9. The first-order valence-corrected chi connectivity index (χ1v) is 12.8. The zero-order valence-corrected chi connectivity index (χ0v) is 23.0. The Balaban J connectivity index is 0.00000114. The van der Waals surface area contributed by atoms with Crippen molar-refractivity contribution in [2.75, 3.05) is 26.6 Å². The number of anilines is 1. The minimum atomic E-state index is -0.297. The van der Waals surface area contributed by atoms with Crippen molar-refractivity contribution < 1.29 is 14.3 Å². The van der Waals surface area contributed by atoms with Gasteiger partial charge < -0.3 is 19.6 Å². The van der Waals surface area contributed by atoms with Crippen LogP contribution >= 0.6 is 0 Å². The highest BCUT2D eigenvalue weighted by Gasteiger charge is 2.41. The van der Waals surface area contributed by atoms with Crippen LogP contribution in [-0.4, -0.2) is 60.7 Å². The second kappa shape index (κ2) is 16.5. The molecule has 1 saturated heterocycles. The van der Waals surface area contributed by atoms with E-state index < -0.39 is 0 Å². The van der Waals surface area contributed by atoms with Gasteiger partial charge in [0.1, 0.15) is 11.6 Å². The molecule has 1 aromatic heterocycles. The van der Waals surface area contributed by atoms with Crippen LogP contribution in [0.25, 0.3) is 12.2 Å². The van der Waals surface area contributed by atoms with Gasteiger partial charge in [0, 0.05) is 32.2 Å². The summed E-state index contributed by atoms with van der Waals surface area (Å²) in [7, 11) is 5.35. The van der Waals surface area contributed by atoms with E-state index in [1.807, 2.05) is 45.9 Å². The number of rotatable bonds is 5. The van der Waals surface area contributed by atoms with Gasteiger partial charge in [-0.3, -0.25) is 10.2 Å². The Hall–Kier alpha value is -2.19. The van der Waals surface area contributed by atoms with Crippen molar-refractivity contribution in [2.45, 2.75) is 84.8 Å². The highest BCUT2D eigenvalue weighted by molar-refractivity contribution is 5.36. The van der Waals surface area contributed by atoms with E-state index in [9.17, 15) is 5.11 Å². The number of fused-ring (bicyclic) bond motifs is 2. The van der Waals surface area contributed by atoms with Gasteiger partial charge in [0.15, 0.2) is 5.42 Å². The molecule has 5 atom stereocenters. The summed E-state index contributed by atoms with van der Waals surface area (Å²) in [5, 5.41) is 18.9. The minimum absolute atomic E-state index is 0.107. The number of methoxy groups -OCH3 is 1. The fraction of sp³-hybridized carbons (Fsp3) is 0.607. The number of oxazole rings is 1. The van der Waals surface area contributed by atoms with E-state index in [-0.39, 0.29) is 24.4 Å². The molecule has 0 spiro atoms. The molecule has 2 heterocycles. The van der Waals surface area contributed by atoms with Gasteiger partial charge in [0.05, 0.1) is 6.10 Å². The molecule has 1 aliphatic carbocycles. The Kier molecular flexibility index (Phi) is 14.5. The second-order valence-electron chi connectivity index (χ2n) is 8.72. The SMILES string of the molecule is C=C/C=c1/nc(NC2NC3CCCC(O)C(C3)C(/C(C)=C/C=C\C)N2C)o/c1=C/C.CC.COC. The van der Waals surface area contributed by atoms with Crippen LogP contribution in [0, 0.1) is 5.92 Å². The van der Waals surface area contributed by atoms with E-state index in [0.717, 1.165) is 36.4 Å². The van der Waals surface area contributed by atoms with Gasteiger partial charge in [0.2, 0.25) is 0 Å². The van der Waals surface area contributed by atoms with Gasteiger partial charge in [-0.25, -0.2) is 0 Å². The van der Waals surface area contributed by atoms with E-state index in [1.165, 1.54) is 5.57 Å². The van der Waals surface area contributed by atoms with Crippen molar-refractivity contribution in [1.29, 1.82) is 0 Å². The summed E-state index contributed by atoms with van der Waals surface area (Å²) in [5.74, 6) is 0.178. The molecule has 35 heavy (non-hydrogen) atoms. The molecule has 2 aliphatic rings. The van der Waals surface area contributed by atoms with Crippen LogP contribution < -0.4 is 21.4 Å². The minimum Gasteiger partial charge on any atom is -0.424 e. The van der Waals surface area contributed by atoms with Crippen molar-refractivity contribution in [3.8, 4) is 0 Å². The molecule has 3 N–H and O–H groups in total. The molecule has 2 fully saturated rings. The van der Waals surface area contributed by atoms with Gasteiger partial charge >= 0.3 is 0 Å². The van der Waals surface area contributed by atoms with Gasteiger partial charge in [0.25, 0.3) is 6.01 Å². The molecule has 0 amide bonds. The molecule has 1 aromatic rings. The molecule has 3 rings (SSSR count). The van der Waals surface area contributed by atoms with Crippen molar-refractivity contribution in [2.24, 2.45) is 5.92 Å². The summed E-state index contributed by atoms with van der Waals surface area (Å²) in [4.78, 5) is 6.86. The summed E-state index contributed by atoms with van der Waals surface area (Å²) >= 11 is 0. The lowest BCUT2D eigenvalue weighted by atomic mass is 9.84. The highest BCUT2D eigenvalue weighted by Crippen LogP contribution is 2.35. The van der Waals surface area contributed by atoms with Crippen LogP contribution in [0.3, 0.4) is 0 Å². The Morgan fingerprint density at radius 3 is 2.57 bits per heavy atom. The summed E-state index contributed by atoms with van der Waals surface area (Å²) in [6, 6.07) is 0.915. The maximum atomic E-state index is 10.9. The monoisotopic (exact) mass is 488 g/mol. The summed E-state index contributed by atoms with van der Waals surface area (Å²) < 4.78 is 10.2. The summed E-state index contributed by atoms with van der Waals surface area (Å²) in [6.07, 6.45) is 15.1. The zero-order chi connectivity index (χ0) is 26.4. The van der Waals surface area contributed by atoms with Crippen molar-refractivity contribution in [3.05, 3.63) is 47.2 Å². The van der Waals surface area contributed by atoms with E-state index >= 15 is 0 Å². The maximum Gasteiger partial charge on any atom is 0.297 e. The topological polar surface area (TPSA) is 82.8 Å². The molecule has 0 aromatic carbocycles. The Morgan fingerprint density at radius 1 is 1.29 bits per heavy atom. The fourth-order valence-corrected chi connectivity index (χ4v) is 4.79. The quantitative estimate of drug-likeness (QED) is 0.544. The number of nitrogens with one attached hydrogen (secondary N) is 2. The molecular formula is C28H48N4O3. The van der Waals surface area contributed by atoms with Crippen molar-refractivity contribution >= 4 is 18.2 Å². The molecule has 7 nitrogen and oxygen atoms in total. The number of nitrogens with zero attached hydrogens (tertiary/aromatic N) is 2. The van der Waals surface area contributed by atoms with Crippen LogP contribution in [0.1, 0.15) is 60.3 Å². The first-order chi connectivity index (χ1) is 16.9. The number of aliphatic hydroxyl groups is 1. The van der Waals surface area contributed by atoms with E-state index in [1.54, 1.807) is 20.3 Å². The van der Waals surface area contributed by atoms with Crippen LogP contribution in [0.15, 0.2) is 40.9 Å². The summed E-state index contributed by atoms with van der Waals surface area (Å²) in [6.45, 7) is 13.9. The largest absolute Gasteiger partial charge is 0.424 e. The van der Waals surface area contributed by atoms with Crippen LogP contribution in [0.5, 0.6) is 0 Å². The number of likely N-dealkylation sites (N-methyl/N-ethyl adjacent to an activating group) is 1. The van der Waals surface area contributed by atoms with Gasteiger partial charge in [-0.05, 0) is 65.7 Å². The first kappa shape index (κ1) is 30.8. The average Bonchev–Trinajstić information content (AvgIpc) is 3.07. The second-order valence-corrected chi connectivity index (χ2v) is 8.72. The molecule has 198 valence electrons. The lowest BCUT2D eigenvalue weighted by Crippen LogP contribution is -2.55. The predicted octanol–water partition coefficient (Wildman–Crippen LogP) is 3.77. The smallest absolute Gasteiger partial charge is 0.297 e. The average molecular weight is 489 g/mol. The zero-order valence-electron chi connectivity index (χ0n) is 23.0. The number of aromatic nitrogens is 1. The number of allylic oxidation sites excluding steroid dienone is 4. The van der Waals surface area contributed by atoms with Crippen molar-refractivity contribution in [3.63, 3.8) is 0 Å². The highest BCUT2D eigenvalue weighted by atomic mass is 16.4. The van der Waals surface area contributed by atoms with Gasteiger partial charge in [-0.1, -0.05) is 50.3 Å². The molecular weight excluding hydrogens is 440 g/mol. The van der Waals surface area contributed by atoms with E-state index in [0.29, 0.717) is 12.1 Å². The number of hydrogen-bond donors (Lipinski definition) is 3. The molecule has 1 aliphatic heterocycles. The Bertz CT molecular complexity index is 921. The number of aliphatic hydroxyl groups excluding tert-OH is 1. The lowest BCUT2D eigenvalue weighted by Gasteiger charge is -2.39. The lowest BCUT2D eigenvalue weighted by molar-refractivity contribution is 0.0504. The van der Waals surface area contributed by atoms with Crippen LogP contribution in [0.4, 0.5) is 6.01 Å². The third-order valence-corrected chi connectivity index (χ3v) is 6.25. The Morgan fingerprint density at radius 2 is 1.97 bits per heavy atom. The molecule has 2 bridgehead atoms. The fourth-order valence-electron chi connectivity index (χ4n) is 4.79. The third kappa shape index (κ3) is 8.76. The van der Waals surface area contributed by atoms with Gasteiger partial charge in [-0.15, -0.1) is 0 Å². The van der Waals surface area contributed by atoms with Crippen molar-refractivity contribution in [1.82, 2.24) is 15.2 Å². The number of ether oxygens (including phenoxy) is 1. The normalized spacial score (nSPS) is 28.4. The number of hydrogen-bond acceptors (Lipinski definition) is 7. The van der Waals surface area contributed by atoms with Crippen LogP contribution in [-0.2, 0) is 4.74 Å². The standard InChI is InChI=1S/C24H36N4O2.C2H6O.C2H6/c1-6-9-12-16(4)22-18-15-17(13-10-14-20(18)29)25-23(28(22)5)27-24-26-19(11-7-2)21(8-3)30-24;1-3-2;1-2/h6-9,11-12,17-18,20,22-23,25,29H,2,10,13-15H2,1,3-5H3,(H,26,27);1-2H3;1-2H3/b9-6-,16-12+,19-11+,21-8+;;. The molecule has 0 radical (unpaired) electrons. The van der Waals surface area contributed by atoms with E-state index in [4.69, 9.17) is 4.42 Å². The summed E-state index contributed by atoms with van der Waals surface area (Å²) in [5.41, 5.74) is 1.96. The Labute approximate surface area is 212 Å². The predicted molar refractivity (Wildman–Crippen MR) is 147 cm³/mol.